The summed E-state index contributed by atoms with van der Waals surface area (Å²) in [4.78, 5) is 0. The Morgan fingerprint density at radius 2 is 2.13 bits per heavy atom. The van der Waals surface area contributed by atoms with E-state index in [2.05, 4.69) is 0 Å². The van der Waals surface area contributed by atoms with Gasteiger partial charge in [-0.05, 0) is 18.8 Å². The Morgan fingerprint density at radius 3 is 2.73 bits per heavy atom. The molecule has 2 rings (SSSR count). The minimum Gasteiger partial charge on any atom is -0.387 e. The van der Waals surface area contributed by atoms with Crippen molar-refractivity contribution in [2.75, 3.05) is 19.8 Å². The zero-order valence-electron chi connectivity index (χ0n) is 8.49. The van der Waals surface area contributed by atoms with Crippen LogP contribution in [0.3, 0.4) is 0 Å². The first-order valence-electron chi connectivity index (χ1n) is 5.31. The van der Waals surface area contributed by atoms with Crippen LogP contribution >= 0.6 is 0 Å². The molecule has 0 aliphatic carbocycles. The molecule has 2 saturated heterocycles. The number of hydrogen-bond donors (Lipinski definition) is 1. The molecule has 88 valence electrons. The van der Waals surface area contributed by atoms with Gasteiger partial charge in [0.25, 0.3) is 6.43 Å². The lowest BCUT2D eigenvalue weighted by atomic mass is 9.82. The third kappa shape index (κ3) is 2.29. The maximum absolute atomic E-state index is 12.4. The minimum atomic E-state index is -2.66. The van der Waals surface area contributed by atoms with Gasteiger partial charge in [0.1, 0.15) is 6.10 Å². The Bertz CT molecular complexity index is 217. The van der Waals surface area contributed by atoms with Crippen LogP contribution in [0.15, 0.2) is 0 Å². The van der Waals surface area contributed by atoms with Gasteiger partial charge in [-0.15, -0.1) is 0 Å². The lowest BCUT2D eigenvalue weighted by Crippen LogP contribution is -2.45. The topological polar surface area (TPSA) is 38.7 Å². The molecule has 2 aliphatic rings. The summed E-state index contributed by atoms with van der Waals surface area (Å²) in [5.74, 6) is -0.361. The van der Waals surface area contributed by atoms with Crippen LogP contribution in [0.5, 0.6) is 0 Å². The quantitative estimate of drug-likeness (QED) is 0.763. The van der Waals surface area contributed by atoms with Crippen molar-refractivity contribution in [3.05, 3.63) is 0 Å². The van der Waals surface area contributed by atoms with Gasteiger partial charge in [0, 0.05) is 19.6 Å². The van der Waals surface area contributed by atoms with Gasteiger partial charge < -0.3 is 14.6 Å². The van der Waals surface area contributed by atoms with E-state index < -0.39 is 18.1 Å². The molecule has 15 heavy (non-hydrogen) atoms. The summed E-state index contributed by atoms with van der Waals surface area (Å²) in [5, 5.41) is 9.35. The van der Waals surface area contributed by atoms with E-state index in [1.807, 2.05) is 0 Å². The molecule has 3 atom stereocenters. The number of alkyl halides is 2. The third-order valence-corrected chi connectivity index (χ3v) is 3.34. The highest BCUT2D eigenvalue weighted by atomic mass is 19.3. The van der Waals surface area contributed by atoms with Gasteiger partial charge in [-0.2, -0.15) is 0 Å². The van der Waals surface area contributed by atoms with Crippen LogP contribution in [0.4, 0.5) is 8.78 Å². The van der Waals surface area contributed by atoms with Crippen LogP contribution < -0.4 is 0 Å². The highest BCUT2D eigenvalue weighted by molar-refractivity contribution is 4.92. The Balaban J connectivity index is 1.97. The molecule has 1 N–H and O–H groups in total. The molecule has 0 amide bonds. The summed E-state index contributed by atoms with van der Waals surface area (Å²) < 4.78 is 35.6. The highest BCUT2D eigenvalue weighted by Gasteiger charge is 2.44. The summed E-state index contributed by atoms with van der Waals surface area (Å²) in [6, 6.07) is 0. The molecule has 0 aromatic heterocycles. The first kappa shape index (κ1) is 11.2. The smallest absolute Gasteiger partial charge is 0.264 e. The van der Waals surface area contributed by atoms with E-state index in [9.17, 15) is 13.9 Å². The van der Waals surface area contributed by atoms with Gasteiger partial charge in [0.05, 0.1) is 12.2 Å². The van der Waals surface area contributed by atoms with Gasteiger partial charge in [-0.3, -0.25) is 0 Å². The maximum Gasteiger partial charge on any atom is 0.264 e. The van der Waals surface area contributed by atoms with Crippen molar-refractivity contribution < 1.29 is 23.4 Å². The molecule has 2 heterocycles. The monoisotopic (exact) mass is 222 g/mol. The van der Waals surface area contributed by atoms with Crippen LogP contribution in [0.1, 0.15) is 19.3 Å². The van der Waals surface area contributed by atoms with Gasteiger partial charge in [0.15, 0.2) is 0 Å². The molecule has 0 bridgehead atoms. The zero-order chi connectivity index (χ0) is 10.9. The Hall–Kier alpha value is -0.260. The molecule has 0 aromatic carbocycles. The molecular formula is C10H16F2O3. The molecular weight excluding hydrogens is 206 g/mol. The summed E-state index contributed by atoms with van der Waals surface area (Å²) >= 11 is 0. The van der Waals surface area contributed by atoms with E-state index in [0.717, 1.165) is 6.42 Å². The number of halogens is 2. The Morgan fingerprint density at radius 1 is 1.33 bits per heavy atom. The number of ether oxygens (including phenoxy) is 2. The van der Waals surface area contributed by atoms with E-state index in [-0.39, 0.29) is 5.92 Å². The second-order valence-corrected chi connectivity index (χ2v) is 4.41. The van der Waals surface area contributed by atoms with Gasteiger partial charge in [-0.1, -0.05) is 0 Å². The molecule has 3 nitrogen and oxygen atoms in total. The van der Waals surface area contributed by atoms with Crippen molar-refractivity contribution in [2.24, 2.45) is 5.92 Å². The Labute approximate surface area is 87.4 Å². The van der Waals surface area contributed by atoms with Crippen LogP contribution in [0, 0.1) is 5.92 Å². The lowest BCUT2D eigenvalue weighted by molar-refractivity contribution is -0.136. The van der Waals surface area contributed by atoms with Crippen LogP contribution in [-0.4, -0.2) is 43.1 Å². The molecule has 3 unspecified atom stereocenters. The predicted molar refractivity (Wildman–Crippen MR) is 48.9 cm³/mol. The average molecular weight is 222 g/mol. The van der Waals surface area contributed by atoms with Crippen molar-refractivity contribution >= 4 is 0 Å². The summed E-state index contributed by atoms with van der Waals surface area (Å²) in [7, 11) is 0. The van der Waals surface area contributed by atoms with E-state index in [0.29, 0.717) is 32.7 Å². The standard InChI is InChI=1S/C10H16F2O3/c11-9(12)8(13)7-1-3-15-10(5-7)2-4-14-6-10/h7-9,13H,1-6H2. The van der Waals surface area contributed by atoms with Crippen molar-refractivity contribution in [3.8, 4) is 0 Å². The van der Waals surface area contributed by atoms with Crippen LogP contribution in [-0.2, 0) is 9.47 Å². The summed E-state index contributed by atoms with van der Waals surface area (Å²) in [6.07, 6.45) is -2.44. The first-order chi connectivity index (χ1) is 7.13. The Kier molecular flexibility index (Phi) is 3.23. The van der Waals surface area contributed by atoms with E-state index in [4.69, 9.17) is 9.47 Å². The van der Waals surface area contributed by atoms with Gasteiger partial charge in [0.2, 0.25) is 0 Å². The number of hydrogen-bond acceptors (Lipinski definition) is 3. The molecule has 2 fully saturated rings. The average Bonchev–Trinajstić information content (AvgIpc) is 2.65. The van der Waals surface area contributed by atoms with Crippen LogP contribution in [0.2, 0.25) is 0 Å². The normalized spacial score (nSPS) is 38.8. The molecule has 2 aliphatic heterocycles. The third-order valence-electron chi connectivity index (χ3n) is 3.34. The van der Waals surface area contributed by atoms with Crippen molar-refractivity contribution in [1.29, 1.82) is 0 Å². The molecule has 1 spiro atoms. The summed E-state index contributed by atoms with van der Waals surface area (Å²) in [6.45, 7) is 1.54. The fraction of sp³-hybridized carbons (Fsp3) is 1.00. The van der Waals surface area contributed by atoms with Crippen molar-refractivity contribution in [3.63, 3.8) is 0 Å². The highest BCUT2D eigenvalue weighted by Crippen LogP contribution is 2.37. The number of aliphatic hydroxyl groups excluding tert-OH is 1. The lowest BCUT2D eigenvalue weighted by Gasteiger charge is -2.38. The van der Waals surface area contributed by atoms with Crippen molar-refractivity contribution in [2.45, 2.75) is 37.4 Å². The molecule has 0 aromatic rings. The zero-order valence-corrected chi connectivity index (χ0v) is 8.49. The SMILES string of the molecule is OC(C(F)F)C1CCOC2(CCOC2)C1. The number of aliphatic hydroxyl groups is 1. The largest absolute Gasteiger partial charge is 0.387 e. The fourth-order valence-corrected chi connectivity index (χ4v) is 2.43. The van der Waals surface area contributed by atoms with E-state index in [1.54, 1.807) is 0 Å². The van der Waals surface area contributed by atoms with Crippen LogP contribution in [0.25, 0.3) is 0 Å². The van der Waals surface area contributed by atoms with Gasteiger partial charge >= 0.3 is 0 Å². The first-order valence-corrected chi connectivity index (χ1v) is 5.31. The minimum absolute atomic E-state index is 0.361. The van der Waals surface area contributed by atoms with E-state index in [1.165, 1.54) is 0 Å². The molecule has 0 radical (unpaired) electrons. The molecule has 0 saturated carbocycles. The second kappa shape index (κ2) is 4.31. The van der Waals surface area contributed by atoms with Gasteiger partial charge in [-0.25, -0.2) is 8.78 Å². The number of rotatable bonds is 2. The second-order valence-electron chi connectivity index (χ2n) is 4.41. The van der Waals surface area contributed by atoms with Crippen molar-refractivity contribution in [1.82, 2.24) is 0 Å². The fourth-order valence-electron chi connectivity index (χ4n) is 2.43. The maximum atomic E-state index is 12.4. The van der Waals surface area contributed by atoms with E-state index >= 15 is 0 Å². The summed E-state index contributed by atoms with van der Waals surface area (Å²) in [5.41, 5.74) is -0.404. The predicted octanol–water partition coefficient (Wildman–Crippen LogP) is 1.20. The molecule has 5 heteroatoms.